The zero-order valence-corrected chi connectivity index (χ0v) is 16.5. The van der Waals surface area contributed by atoms with E-state index in [0.29, 0.717) is 10.0 Å². The molecule has 2 atom stereocenters. The zero-order valence-electron chi connectivity index (χ0n) is 14.1. The molecule has 0 bridgehead atoms. The molecule has 1 rings (SSSR count). The third kappa shape index (κ3) is 8.97. The van der Waals surface area contributed by atoms with Crippen molar-refractivity contribution in [1.82, 2.24) is 4.90 Å². The quantitative estimate of drug-likeness (QED) is 0.568. The molecule has 2 unspecified atom stereocenters. The fourth-order valence-electron chi connectivity index (χ4n) is 2.49. The molecule has 1 aromatic rings. The second-order valence-electron chi connectivity index (χ2n) is 6.03. The lowest BCUT2D eigenvalue weighted by Crippen LogP contribution is -2.30. The van der Waals surface area contributed by atoms with Crippen LogP contribution in [0.2, 0.25) is 10.0 Å². The topological polar surface area (TPSA) is 23.5 Å². The van der Waals surface area contributed by atoms with Crippen molar-refractivity contribution in [2.45, 2.75) is 38.7 Å². The van der Waals surface area contributed by atoms with Crippen LogP contribution in [0.1, 0.15) is 38.2 Å². The van der Waals surface area contributed by atoms with Crippen LogP contribution in [0.25, 0.3) is 6.08 Å². The molecule has 0 aliphatic heterocycles. The van der Waals surface area contributed by atoms with Gasteiger partial charge < -0.3 is 10.0 Å². The number of benzene rings is 1. The van der Waals surface area contributed by atoms with Crippen LogP contribution >= 0.6 is 35.6 Å². The summed E-state index contributed by atoms with van der Waals surface area (Å²) in [6.07, 6.45) is 7.85. The van der Waals surface area contributed by atoms with E-state index in [1.165, 1.54) is 12.8 Å². The van der Waals surface area contributed by atoms with E-state index < -0.39 is 6.10 Å². The number of aliphatic hydroxyl groups is 1. The molecule has 0 radical (unpaired) electrons. The van der Waals surface area contributed by atoms with Crippen molar-refractivity contribution in [3.8, 4) is 0 Å². The predicted molar refractivity (Wildman–Crippen MR) is 105 cm³/mol. The van der Waals surface area contributed by atoms with Crippen molar-refractivity contribution in [2.75, 3.05) is 20.6 Å². The van der Waals surface area contributed by atoms with Gasteiger partial charge in [0.15, 0.2) is 0 Å². The van der Waals surface area contributed by atoms with Gasteiger partial charge in [0.2, 0.25) is 0 Å². The number of unbranched alkanes of at least 4 members (excludes halogenated alkanes) is 2. The number of hydrogen-bond donors (Lipinski definition) is 1. The Balaban J connectivity index is 0.00000484. The van der Waals surface area contributed by atoms with Gasteiger partial charge in [0.25, 0.3) is 0 Å². The van der Waals surface area contributed by atoms with Crippen molar-refractivity contribution in [2.24, 2.45) is 5.92 Å². The molecule has 0 saturated heterocycles. The Morgan fingerprint density at radius 1 is 1.22 bits per heavy atom. The predicted octanol–water partition coefficient (Wildman–Crippen LogP) is 5.55. The van der Waals surface area contributed by atoms with Crippen LogP contribution in [0, 0.1) is 5.92 Å². The van der Waals surface area contributed by atoms with Gasteiger partial charge in [-0.25, -0.2) is 0 Å². The number of hydrogen-bond acceptors (Lipinski definition) is 2. The van der Waals surface area contributed by atoms with Gasteiger partial charge in [-0.1, -0.05) is 67.6 Å². The molecule has 0 aromatic heterocycles. The average molecular weight is 381 g/mol. The Kier molecular flexibility index (Phi) is 12.0. The van der Waals surface area contributed by atoms with Gasteiger partial charge in [-0.15, -0.1) is 12.4 Å². The molecule has 1 aromatic carbocycles. The van der Waals surface area contributed by atoms with Crippen molar-refractivity contribution < 1.29 is 5.11 Å². The summed E-state index contributed by atoms with van der Waals surface area (Å²) in [4.78, 5) is 2.13. The van der Waals surface area contributed by atoms with Crippen LogP contribution in [0.3, 0.4) is 0 Å². The van der Waals surface area contributed by atoms with Crippen molar-refractivity contribution >= 4 is 41.7 Å². The van der Waals surface area contributed by atoms with Gasteiger partial charge in [-0.2, -0.15) is 0 Å². The molecule has 0 amide bonds. The second kappa shape index (κ2) is 12.2. The first-order chi connectivity index (χ1) is 10.4. The van der Waals surface area contributed by atoms with Gasteiger partial charge >= 0.3 is 0 Å². The number of rotatable bonds is 9. The van der Waals surface area contributed by atoms with Crippen LogP contribution in [-0.2, 0) is 0 Å². The Hall–Kier alpha value is -0.250. The van der Waals surface area contributed by atoms with E-state index >= 15 is 0 Å². The van der Waals surface area contributed by atoms with Gasteiger partial charge in [-0.3, -0.25) is 0 Å². The van der Waals surface area contributed by atoms with Gasteiger partial charge in [0.1, 0.15) is 0 Å². The van der Waals surface area contributed by atoms with E-state index in [2.05, 4.69) is 11.8 Å². The van der Waals surface area contributed by atoms with Crippen molar-refractivity contribution in [1.29, 1.82) is 0 Å². The summed E-state index contributed by atoms with van der Waals surface area (Å²) in [6, 6.07) is 5.39. The first-order valence-electron chi connectivity index (χ1n) is 7.90. The highest BCUT2D eigenvalue weighted by atomic mass is 35.5. The van der Waals surface area contributed by atoms with E-state index in [-0.39, 0.29) is 18.3 Å². The van der Waals surface area contributed by atoms with E-state index in [1.54, 1.807) is 12.1 Å². The summed E-state index contributed by atoms with van der Waals surface area (Å²) in [5.74, 6) is 0.240. The molecular formula is C18H28Cl3NO. The number of nitrogens with zero attached hydrogens (tertiary/aromatic N) is 1. The standard InChI is InChI=1S/C18H27Cl2NO.ClH/c1-4-5-6-7-15(13-21(2)3)18(22)11-9-14-8-10-16(19)12-17(14)20;/h8-12,15,18,22H,4-7,13H2,1-3H3;1H/b11-9+;. The maximum atomic E-state index is 10.5. The lowest BCUT2D eigenvalue weighted by molar-refractivity contribution is 0.122. The van der Waals surface area contributed by atoms with Gasteiger partial charge in [0, 0.05) is 22.5 Å². The minimum Gasteiger partial charge on any atom is -0.389 e. The summed E-state index contributed by atoms with van der Waals surface area (Å²) in [7, 11) is 4.08. The summed E-state index contributed by atoms with van der Waals surface area (Å²) >= 11 is 12.0. The molecular weight excluding hydrogens is 353 g/mol. The fourth-order valence-corrected chi connectivity index (χ4v) is 2.96. The largest absolute Gasteiger partial charge is 0.389 e. The van der Waals surface area contributed by atoms with Crippen LogP contribution in [0.4, 0.5) is 0 Å². The maximum Gasteiger partial charge on any atom is 0.0764 e. The smallest absolute Gasteiger partial charge is 0.0764 e. The molecule has 0 heterocycles. The van der Waals surface area contributed by atoms with Crippen molar-refractivity contribution in [3.05, 3.63) is 39.9 Å². The molecule has 0 aliphatic rings. The van der Waals surface area contributed by atoms with E-state index in [4.69, 9.17) is 23.2 Å². The van der Waals surface area contributed by atoms with Gasteiger partial charge in [-0.05, 0) is 38.2 Å². The molecule has 23 heavy (non-hydrogen) atoms. The maximum absolute atomic E-state index is 10.5. The first-order valence-corrected chi connectivity index (χ1v) is 8.65. The Morgan fingerprint density at radius 2 is 1.91 bits per heavy atom. The second-order valence-corrected chi connectivity index (χ2v) is 6.88. The third-order valence-electron chi connectivity index (χ3n) is 3.70. The summed E-state index contributed by atoms with van der Waals surface area (Å²) in [5, 5.41) is 11.7. The molecule has 1 N–H and O–H groups in total. The van der Waals surface area contributed by atoms with E-state index in [9.17, 15) is 5.11 Å². The summed E-state index contributed by atoms with van der Waals surface area (Å²) in [6.45, 7) is 3.07. The minimum atomic E-state index is -0.467. The number of halogens is 3. The van der Waals surface area contributed by atoms with Crippen LogP contribution in [-0.4, -0.2) is 36.8 Å². The normalized spacial score (nSPS) is 14.0. The molecule has 132 valence electrons. The Labute approximate surface area is 156 Å². The lowest BCUT2D eigenvalue weighted by atomic mass is 9.94. The molecule has 5 heteroatoms. The van der Waals surface area contributed by atoms with E-state index in [0.717, 1.165) is 24.9 Å². The van der Waals surface area contributed by atoms with Crippen LogP contribution < -0.4 is 0 Å². The van der Waals surface area contributed by atoms with Crippen LogP contribution in [0.15, 0.2) is 24.3 Å². The third-order valence-corrected chi connectivity index (χ3v) is 4.26. The Bertz CT molecular complexity index is 477. The van der Waals surface area contributed by atoms with Crippen LogP contribution in [0.5, 0.6) is 0 Å². The zero-order chi connectivity index (χ0) is 16.5. The molecule has 2 nitrogen and oxygen atoms in total. The highest BCUT2D eigenvalue weighted by molar-refractivity contribution is 6.35. The molecule has 0 fully saturated rings. The highest BCUT2D eigenvalue weighted by Gasteiger charge is 2.17. The number of aliphatic hydroxyl groups excluding tert-OH is 1. The lowest BCUT2D eigenvalue weighted by Gasteiger charge is -2.24. The minimum absolute atomic E-state index is 0. The average Bonchev–Trinajstić information content (AvgIpc) is 2.45. The monoisotopic (exact) mass is 379 g/mol. The summed E-state index contributed by atoms with van der Waals surface area (Å²) in [5.41, 5.74) is 0.877. The molecule has 0 spiro atoms. The molecule has 0 aliphatic carbocycles. The molecule has 0 saturated carbocycles. The SMILES string of the molecule is CCCCCC(CN(C)C)C(O)/C=C/c1ccc(Cl)cc1Cl.Cl. The summed E-state index contributed by atoms with van der Waals surface area (Å²) < 4.78 is 0. The first kappa shape index (κ1) is 22.8. The fraction of sp³-hybridized carbons (Fsp3) is 0.556. The highest BCUT2D eigenvalue weighted by Crippen LogP contribution is 2.23. The van der Waals surface area contributed by atoms with E-state index in [1.807, 2.05) is 32.3 Å². The van der Waals surface area contributed by atoms with Gasteiger partial charge in [0.05, 0.1) is 6.10 Å². The van der Waals surface area contributed by atoms with Crippen molar-refractivity contribution in [3.63, 3.8) is 0 Å². The Morgan fingerprint density at radius 3 is 2.48 bits per heavy atom.